The summed E-state index contributed by atoms with van der Waals surface area (Å²) in [5.74, 6) is 0.434. The predicted octanol–water partition coefficient (Wildman–Crippen LogP) is 5.39. The van der Waals surface area contributed by atoms with Crippen LogP contribution in [0.1, 0.15) is 35.1 Å². The summed E-state index contributed by atoms with van der Waals surface area (Å²) in [4.78, 5) is 21.5. The van der Waals surface area contributed by atoms with Crippen LogP contribution in [0.4, 0.5) is 5.13 Å². The number of carbonyl (C=O) groups is 1. The molecule has 3 heterocycles. The maximum atomic E-state index is 11.7. The Balaban J connectivity index is 1.15. The van der Waals surface area contributed by atoms with E-state index in [4.69, 9.17) is 14.5 Å². The number of aliphatic carboxylic acids is 1. The fraction of sp³-hybridized carbons (Fsp3) is 0.484. The van der Waals surface area contributed by atoms with E-state index in [0.717, 1.165) is 86.5 Å². The zero-order chi connectivity index (χ0) is 26.9. The smallest absolute Gasteiger partial charge is 0.307 e. The van der Waals surface area contributed by atoms with Crippen LogP contribution in [-0.4, -0.2) is 60.4 Å². The third-order valence-electron chi connectivity index (χ3n) is 8.59. The van der Waals surface area contributed by atoms with Crippen LogP contribution < -0.4 is 9.64 Å². The highest BCUT2D eigenvalue weighted by Gasteiger charge is 2.46. The number of thiazole rings is 1. The zero-order valence-corrected chi connectivity index (χ0v) is 23.6. The lowest BCUT2D eigenvalue weighted by atomic mass is 9.85. The first kappa shape index (κ1) is 26.3. The quantitative estimate of drug-likeness (QED) is 0.406. The third kappa shape index (κ3) is 5.69. The summed E-state index contributed by atoms with van der Waals surface area (Å²) in [5.41, 5.74) is 6.83. The standard InChI is InChI=1S/C31H37N3O4S/c1-20-3-8-28(38-18-25-5-4-22(14-21(25)2)15-33-9-11-37-12-10-33)26(13-20)27-19-39-31(32-27)34-16-23-6-7-24(17-34)29(23)30(35)36/h3-5,8,13-14,19,23-24,29H,6-7,9-12,15-18H2,1-2H3,(H,35,36)/t23-,24+,29+. The fourth-order valence-electron chi connectivity index (χ4n) is 6.48. The largest absolute Gasteiger partial charge is 0.488 e. The van der Waals surface area contributed by atoms with Gasteiger partial charge in [0.15, 0.2) is 5.13 Å². The number of aromatic nitrogens is 1. The van der Waals surface area contributed by atoms with E-state index in [1.807, 2.05) is 6.07 Å². The third-order valence-corrected chi connectivity index (χ3v) is 9.49. The van der Waals surface area contributed by atoms with E-state index < -0.39 is 5.97 Å². The fourth-order valence-corrected chi connectivity index (χ4v) is 7.32. The second-order valence-corrected chi connectivity index (χ2v) is 12.2. The monoisotopic (exact) mass is 547 g/mol. The minimum absolute atomic E-state index is 0.200. The lowest BCUT2D eigenvalue weighted by Crippen LogP contribution is -2.44. The van der Waals surface area contributed by atoms with Crippen molar-refractivity contribution in [3.8, 4) is 17.0 Å². The van der Waals surface area contributed by atoms with Crippen LogP contribution in [-0.2, 0) is 22.7 Å². The van der Waals surface area contributed by atoms with Crippen molar-refractivity contribution in [1.29, 1.82) is 0 Å². The van der Waals surface area contributed by atoms with Gasteiger partial charge in [-0.3, -0.25) is 9.69 Å². The van der Waals surface area contributed by atoms with Gasteiger partial charge in [0, 0.05) is 43.7 Å². The summed E-state index contributed by atoms with van der Waals surface area (Å²) in [7, 11) is 0. The molecule has 1 saturated carbocycles. The second-order valence-electron chi connectivity index (χ2n) is 11.3. The Kier molecular flexibility index (Phi) is 7.60. The summed E-state index contributed by atoms with van der Waals surface area (Å²) in [6, 6.07) is 13.0. The minimum atomic E-state index is -0.634. The van der Waals surface area contributed by atoms with Crippen LogP contribution in [0.3, 0.4) is 0 Å². The molecule has 2 bridgehead atoms. The van der Waals surface area contributed by atoms with Crippen LogP contribution in [0.15, 0.2) is 41.8 Å². The average Bonchev–Trinajstić information content (AvgIpc) is 3.52. The Bertz CT molecular complexity index is 1320. The average molecular weight is 548 g/mol. The van der Waals surface area contributed by atoms with Crippen molar-refractivity contribution in [2.45, 2.75) is 39.8 Å². The highest BCUT2D eigenvalue weighted by molar-refractivity contribution is 7.14. The molecule has 3 fully saturated rings. The lowest BCUT2D eigenvalue weighted by molar-refractivity contribution is -0.144. The topological polar surface area (TPSA) is 75.1 Å². The Morgan fingerprint density at radius 3 is 2.59 bits per heavy atom. The number of piperidine rings is 1. The Labute approximate surface area is 234 Å². The molecule has 8 heteroatoms. The van der Waals surface area contributed by atoms with Crippen molar-refractivity contribution in [1.82, 2.24) is 9.88 Å². The number of morpholine rings is 1. The van der Waals surface area contributed by atoms with Gasteiger partial charge >= 0.3 is 5.97 Å². The van der Waals surface area contributed by atoms with Crippen molar-refractivity contribution in [3.63, 3.8) is 0 Å². The zero-order valence-electron chi connectivity index (χ0n) is 22.8. The summed E-state index contributed by atoms with van der Waals surface area (Å²) in [6.07, 6.45) is 2.00. The van der Waals surface area contributed by atoms with Crippen LogP contribution >= 0.6 is 11.3 Å². The van der Waals surface area contributed by atoms with Gasteiger partial charge in [-0.25, -0.2) is 4.98 Å². The van der Waals surface area contributed by atoms with Gasteiger partial charge in [0.05, 0.1) is 24.8 Å². The molecule has 2 aromatic carbocycles. The molecule has 3 aliphatic rings. The molecule has 1 N–H and O–H groups in total. The first-order valence-electron chi connectivity index (χ1n) is 14.0. The minimum Gasteiger partial charge on any atom is -0.488 e. The highest BCUT2D eigenvalue weighted by atomic mass is 32.1. The van der Waals surface area contributed by atoms with Gasteiger partial charge in [-0.15, -0.1) is 11.3 Å². The summed E-state index contributed by atoms with van der Waals surface area (Å²) in [5, 5.41) is 12.7. The number of rotatable bonds is 8. The number of hydrogen-bond donors (Lipinski definition) is 1. The first-order valence-corrected chi connectivity index (χ1v) is 14.9. The normalized spacial score (nSPS) is 23.2. The molecule has 6 rings (SSSR count). The maximum Gasteiger partial charge on any atom is 0.307 e. The number of benzene rings is 2. The molecule has 2 aliphatic heterocycles. The molecule has 7 nitrogen and oxygen atoms in total. The van der Waals surface area contributed by atoms with Crippen molar-refractivity contribution >= 4 is 22.4 Å². The van der Waals surface area contributed by atoms with E-state index in [0.29, 0.717) is 6.61 Å². The van der Waals surface area contributed by atoms with E-state index in [1.54, 1.807) is 11.3 Å². The number of carboxylic acid groups (broad SMARTS) is 1. The summed E-state index contributed by atoms with van der Waals surface area (Å²) < 4.78 is 11.9. The molecule has 2 saturated heterocycles. The molecular formula is C31H37N3O4S. The van der Waals surface area contributed by atoms with Crippen LogP contribution in [0.2, 0.25) is 0 Å². The van der Waals surface area contributed by atoms with Gasteiger partial charge in [-0.2, -0.15) is 0 Å². The van der Waals surface area contributed by atoms with Crippen molar-refractivity contribution < 1.29 is 19.4 Å². The summed E-state index contributed by atoms with van der Waals surface area (Å²) in [6.45, 7) is 10.9. The molecule has 39 heavy (non-hydrogen) atoms. The van der Waals surface area contributed by atoms with E-state index in [9.17, 15) is 9.90 Å². The van der Waals surface area contributed by atoms with Gasteiger partial charge < -0.3 is 19.5 Å². The molecule has 0 spiro atoms. The number of aryl methyl sites for hydroxylation is 2. The molecular weight excluding hydrogens is 510 g/mol. The molecule has 1 aliphatic carbocycles. The highest BCUT2D eigenvalue weighted by Crippen LogP contribution is 2.44. The number of anilines is 1. The SMILES string of the molecule is Cc1ccc(OCc2ccc(CN3CCOCC3)cc2C)c(-c2csc(N3C[C@H]4CC[C@@H](C3)[C@H]4C(=O)O)n2)c1. The molecule has 1 aromatic heterocycles. The van der Waals surface area contributed by atoms with E-state index >= 15 is 0 Å². The van der Waals surface area contributed by atoms with Crippen LogP contribution in [0.5, 0.6) is 5.75 Å². The molecule has 206 valence electrons. The van der Waals surface area contributed by atoms with Crippen LogP contribution in [0, 0.1) is 31.6 Å². The van der Waals surface area contributed by atoms with E-state index in [-0.39, 0.29) is 17.8 Å². The predicted molar refractivity (Wildman–Crippen MR) is 153 cm³/mol. The number of carboxylic acids is 1. The van der Waals surface area contributed by atoms with Crippen molar-refractivity contribution in [3.05, 3.63) is 64.0 Å². The number of fused-ring (bicyclic) bond motifs is 2. The maximum absolute atomic E-state index is 11.7. The molecule has 0 radical (unpaired) electrons. The second kappa shape index (κ2) is 11.3. The number of hydrogen-bond acceptors (Lipinski definition) is 7. The number of nitrogens with zero attached hydrogens (tertiary/aromatic N) is 3. The number of ether oxygens (including phenoxy) is 2. The Hall–Kier alpha value is -2.94. The lowest BCUT2D eigenvalue weighted by Gasteiger charge is -2.35. The summed E-state index contributed by atoms with van der Waals surface area (Å²) >= 11 is 1.64. The molecule has 0 unspecified atom stereocenters. The van der Waals surface area contributed by atoms with E-state index in [2.05, 4.69) is 59.4 Å². The Morgan fingerprint density at radius 1 is 1.10 bits per heavy atom. The van der Waals surface area contributed by atoms with Crippen molar-refractivity contribution in [2.75, 3.05) is 44.3 Å². The molecule has 3 aromatic rings. The van der Waals surface area contributed by atoms with Gasteiger partial charge in [-0.05, 0) is 67.3 Å². The van der Waals surface area contributed by atoms with Gasteiger partial charge in [0.2, 0.25) is 0 Å². The molecule has 0 amide bonds. The van der Waals surface area contributed by atoms with Gasteiger partial charge in [0.1, 0.15) is 12.4 Å². The van der Waals surface area contributed by atoms with Gasteiger partial charge in [-0.1, -0.05) is 29.8 Å². The first-order chi connectivity index (χ1) is 18.9. The Morgan fingerprint density at radius 2 is 1.87 bits per heavy atom. The van der Waals surface area contributed by atoms with Crippen LogP contribution in [0.25, 0.3) is 11.3 Å². The van der Waals surface area contributed by atoms with Crippen molar-refractivity contribution in [2.24, 2.45) is 17.8 Å². The van der Waals surface area contributed by atoms with E-state index in [1.165, 1.54) is 16.7 Å². The van der Waals surface area contributed by atoms with Gasteiger partial charge in [0.25, 0.3) is 0 Å². The molecule has 3 atom stereocenters.